The van der Waals surface area contributed by atoms with Crippen LogP contribution < -0.4 is 9.80 Å². The van der Waals surface area contributed by atoms with Crippen LogP contribution in [0.1, 0.15) is 10.4 Å². The van der Waals surface area contributed by atoms with Crippen molar-refractivity contribution in [1.29, 1.82) is 0 Å². The third-order valence-corrected chi connectivity index (χ3v) is 5.68. The smallest absolute Gasteiger partial charge is 0.295 e. The van der Waals surface area contributed by atoms with Gasteiger partial charge in [-0.05, 0) is 18.2 Å². The minimum absolute atomic E-state index is 0.149. The molecule has 0 atom stereocenters. The summed E-state index contributed by atoms with van der Waals surface area (Å²) in [6.07, 6.45) is 0. The van der Waals surface area contributed by atoms with Gasteiger partial charge in [0, 0.05) is 39.3 Å². The lowest BCUT2D eigenvalue weighted by Gasteiger charge is -2.36. The molecule has 2 aromatic rings. The summed E-state index contributed by atoms with van der Waals surface area (Å²) < 4.78 is 47.4. The van der Waals surface area contributed by atoms with Gasteiger partial charge in [-0.15, -0.1) is 0 Å². The van der Waals surface area contributed by atoms with Crippen LogP contribution in [0.25, 0.3) is 0 Å². The number of rotatable bonds is 4. The molecular weight excluding hydrogens is 429 g/mol. The quantitative estimate of drug-likeness (QED) is 0.527. The molecule has 0 spiro atoms. The van der Waals surface area contributed by atoms with E-state index in [9.17, 15) is 28.1 Å². The highest BCUT2D eigenvalue weighted by atomic mass is 19.2. The fourth-order valence-corrected chi connectivity index (χ4v) is 3.98. The largest absolute Gasteiger partial charge is 0.378 e. The van der Waals surface area contributed by atoms with Crippen LogP contribution in [-0.4, -0.2) is 68.2 Å². The van der Waals surface area contributed by atoms with E-state index in [4.69, 9.17) is 4.74 Å². The van der Waals surface area contributed by atoms with Gasteiger partial charge in [0.15, 0.2) is 17.5 Å². The minimum Gasteiger partial charge on any atom is -0.378 e. The summed E-state index contributed by atoms with van der Waals surface area (Å²) in [4.78, 5) is 28.4. The fourth-order valence-electron chi connectivity index (χ4n) is 3.98. The second kappa shape index (κ2) is 9.03. The highest BCUT2D eigenvalue weighted by Gasteiger charge is 2.30. The maximum Gasteiger partial charge on any atom is 0.295 e. The number of hydrogen-bond donors (Lipinski definition) is 0. The van der Waals surface area contributed by atoms with Crippen LogP contribution in [0, 0.1) is 27.6 Å². The topological polar surface area (TPSA) is 79.2 Å². The zero-order valence-corrected chi connectivity index (χ0v) is 17.1. The monoisotopic (exact) mass is 450 g/mol. The standard InChI is InChI=1S/C21H21F3N4O4/c22-15-3-1-2-14(20(15)24)21(29)27-6-4-25(5-7-27)18-13-17(26-8-10-32-11-9-26)16(23)12-19(18)28(30)31/h1-3,12-13H,4-11H2. The predicted octanol–water partition coefficient (Wildman–Crippen LogP) is 2.81. The van der Waals surface area contributed by atoms with Crippen molar-refractivity contribution in [1.82, 2.24) is 4.90 Å². The van der Waals surface area contributed by atoms with Crippen LogP contribution in [0.15, 0.2) is 30.3 Å². The summed E-state index contributed by atoms with van der Waals surface area (Å²) in [6, 6.07) is 5.79. The van der Waals surface area contributed by atoms with Crippen LogP contribution in [0.2, 0.25) is 0 Å². The Kier molecular flexibility index (Phi) is 6.17. The second-order valence-corrected chi connectivity index (χ2v) is 7.53. The first-order valence-electron chi connectivity index (χ1n) is 10.2. The van der Waals surface area contributed by atoms with Crippen LogP contribution in [0.4, 0.5) is 30.2 Å². The van der Waals surface area contributed by atoms with E-state index >= 15 is 0 Å². The molecular formula is C21H21F3N4O4. The Balaban J connectivity index is 1.55. The molecule has 0 aromatic heterocycles. The molecule has 1 amide bonds. The maximum atomic E-state index is 14.6. The molecule has 2 aromatic carbocycles. The fraction of sp³-hybridized carbons (Fsp3) is 0.381. The van der Waals surface area contributed by atoms with Gasteiger partial charge in [0.25, 0.3) is 11.6 Å². The number of piperazine rings is 1. The van der Waals surface area contributed by atoms with Crippen molar-refractivity contribution in [2.24, 2.45) is 0 Å². The zero-order chi connectivity index (χ0) is 22.8. The lowest BCUT2D eigenvalue weighted by molar-refractivity contribution is -0.384. The van der Waals surface area contributed by atoms with Gasteiger partial charge in [-0.25, -0.2) is 13.2 Å². The molecule has 2 heterocycles. The van der Waals surface area contributed by atoms with Gasteiger partial charge in [-0.2, -0.15) is 0 Å². The van der Waals surface area contributed by atoms with Crippen molar-refractivity contribution in [2.45, 2.75) is 0 Å². The molecule has 2 aliphatic rings. The van der Waals surface area contributed by atoms with E-state index in [1.165, 1.54) is 23.1 Å². The van der Waals surface area contributed by atoms with Crippen molar-refractivity contribution >= 4 is 23.0 Å². The first-order valence-corrected chi connectivity index (χ1v) is 10.2. The number of anilines is 2. The van der Waals surface area contributed by atoms with Crippen molar-refractivity contribution in [2.75, 3.05) is 62.3 Å². The van der Waals surface area contributed by atoms with Crippen molar-refractivity contribution in [3.8, 4) is 0 Å². The predicted molar refractivity (Wildman–Crippen MR) is 111 cm³/mol. The van der Waals surface area contributed by atoms with E-state index in [1.807, 2.05) is 0 Å². The Hall–Kier alpha value is -3.34. The number of carbonyl (C=O) groups is 1. The Morgan fingerprint density at radius 1 is 0.906 bits per heavy atom. The molecule has 0 bridgehead atoms. The minimum atomic E-state index is -1.20. The molecule has 0 saturated carbocycles. The highest BCUT2D eigenvalue weighted by Crippen LogP contribution is 2.36. The summed E-state index contributed by atoms with van der Waals surface area (Å²) >= 11 is 0. The maximum absolute atomic E-state index is 14.6. The molecule has 2 saturated heterocycles. The number of benzene rings is 2. The summed E-state index contributed by atoms with van der Waals surface area (Å²) in [7, 11) is 0. The van der Waals surface area contributed by atoms with E-state index in [2.05, 4.69) is 0 Å². The van der Waals surface area contributed by atoms with Gasteiger partial charge < -0.3 is 19.4 Å². The average Bonchev–Trinajstić information content (AvgIpc) is 2.81. The molecule has 0 radical (unpaired) electrons. The van der Waals surface area contributed by atoms with Gasteiger partial charge >= 0.3 is 0 Å². The zero-order valence-electron chi connectivity index (χ0n) is 17.1. The van der Waals surface area contributed by atoms with Crippen molar-refractivity contribution in [3.63, 3.8) is 0 Å². The van der Waals surface area contributed by atoms with E-state index < -0.39 is 28.3 Å². The summed E-state index contributed by atoms with van der Waals surface area (Å²) in [5.74, 6) is -3.64. The molecule has 11 heteroatoms. The van der Waals surface area contributed by atoms with Crippen molar-refractivity contribution < 1.29 is 27.6 Å². The summed E-state index contributed by atoms with van der Waals surface area (Å²) in [6.45, 7) is 2.54. The number of nitro groups is 1. The third-order valence-electron chi connectivity index (χ3n) is 5.68. The Bertz CT molecular complexity index is 1040. The van der Waals surface area contributed by atoms with E-state index in [0.717, 1.165) is 12.1 Å². The lowest BCUT2D eigenvalue weighted by Crippen LogP contribution is -2.49. The summed E-state index contributed by atoms with van der Waals surface area (Å²) in [5, 5.41) is 11.6. The van der Waals surface area contributed by atoms with Crippen LogP contribution in [0.3, 0.4) is 0 Å². The molecule has 8 nitrogen and oxygen atoms in total. The first kappa shape index (κ1) is 21.9. The Morgan fingerprint density at radius 2 is 1.56 bits per heavy atom. The second-order valence-electron chi connectivity index (χ2n) is 7.53. The first-order chi connectivity index (χ1) is 15.4. The molecule has 2 aliphatic heterocycles. The van der Waals surface area contributed by atoms with E-state index in [1.54, 1.807) is 9.80 Å². The van der Waals surface area contributed by atoms with E-state index in [-0.39, 0.29) is 48.8 Å². The number of ether oxygens (including phenoxy) is 1. The number of hydrogen-bond acceptors (Lipinski definition) is 6. The molecule has 0 N–H and O–H groups in total. The summed E-state index contributed by atoms with van der Waals surface area (Å²) in [5.41, 5.74) is -0.215. The lowest BCUT2D eigenvalue weighted by atomic mass is 10.1. The SMILES string of the molecule is O=C(c1cccc(F)c1F)N1CCN(c2cc(N3CCOCC3)c(F)cc2[N+](=O)[O-])CC1. The number of halogens is 3. The van der Waals surface area contributed by atoms with Crippen LogP contribution in [-0.2, 0) is 4.74 Å². The molecule has 170 valence electrons. The Morgan fingerprint density at radius 3 is 2.22 bits per heavy atom. The average molecular weight is 450 g/mol. The number of carbonyl (C=O) groups excluding carboxylic acids is 1. The van der Waals surface area contributed by atoms with Crippen LogP contribution >= 0.6 is 0 Å². The number of amides is 1. The normalized spacial score (nSPS) is 16.9. The number of nitrogens with zero attached hydrogens (tertiary/aromatic N) is 4. The molecule has 2 fully saturated rings. The molecule has 0 unspecified atom stereocenters. The van der Waals surface area contributed by atoms with Gasteiger partial charge in [0.2, 0.25) is 0 Å². The van der Waals surface area contributed by atoms with Gasteiger partial charge in [-0.1, -0.05) is 6.07 Å². The molecule has 4 rings (SSSR count). The number of morpholine rings is 1. The van der Waals surface area contributed by atoms with E-state index in [0.29, 0.717) is 26.3 Å². The van der Waals surface area contributed by atoms with Gasteiger partial charge in [-0.3, -0.25) is 14.9 Å². The van der Waals surface area contributed by atoms with Crippen LogP contribution in [0.5, 0.6) is 0 Å². The van der Waals surface area contributed by atoms with Gasteiger partial charge in [0.05, 0.1) is 35.5 Å². The Labute approximate surface area is 181 Å². The highest BCUT2D eigenvalue weighted by molar-refractivity contribution is 5.94. The number of nitro benzene ring substituents is 1. The molecule has 32 heavy (non-hydrogen) atoms. The third kappa shape index (κ3) is 4.20. The van der Waals surface area contributed by atoms with Crippen molar-refractivity contribution in [3.05, 3.63) is 63.5 Å². The molecule has 0 aliphatic carbocycles. The van der Waals surface area contributed by atoms with Gasteiger partial charge in [0.1, 0.15) is 5.69 Å².